The van der Waals surface area contributed by atoms with E-state index in [4.69, 9.17) is 9.47 Å². The first kappa shape index (κ1) is 64.4. The predicted octanol–water partition coefficient (Wildman–Crippen LogP) is 12.9. The molecule has 1 heterocycles. The SMILES string of the molecule is CCCCCCCCCC/C=C/CC/C=C/C(O)C(COC1OC(CO)C(O)C(O)C1O)NC(=O)C(O)CCCCCCCCCCCCCCC/C=C\CCCCCCCCCCCCCC. The summed E-state index contributed by atoms with van der Waals surface area (Å²) in [6.45, 7) is 3.61. The monoisotopic (exact) mass is 964 g/mol. The van der Waals surface area contributed by atoms with Gasteiger partial charge in [-0.2, -0.15) is 0 Å². The Balaban J connectivity index is 2.21. The average molecular weight is 965 g/mol. The van der Waals surface area contributed by atoms with Crippen LogP contribution in [-0.4, -0.2) is 98.7 Å². The molecule has 0 saturated carbocycles. The van der Waals surface area contributed by atoms with E-state index in [0.29, 0.717) is 19.3 Å². The third-order valence-electron chi connectivity index (χ3n) is 13.8. The number of unbranched alkanes of at least 4 members (excludes halogenated alkanes) is 34. The van der Waals surface area contributed by atoms with Gasteiger partial charge < -0.3 is 45.4 Å². The molecule has 0 aromatic heterocycles. The molecule has 68 heavy (non-hydrogen) atoms. The quantitative estimate of drug-likeness (QED) is 0.0232. The van der Waals surface area contributed by atoms with Crippen LogP contribution in [0.3, 0.4) is 0 Å². The van der Waals surface area contributed by atoms with Gasteiger partial charge in [0.15, 0.2) is 6.29 Å². The third-order valence-corrected chi connectivity index (χ3v) is 13.8. The Hall–Kier alpha value is -1.63. The van der Waals surface area contributed by atoms with Gasteiger partial charge in [-0.3, -0.25) is 4.79 Å². The minimum absolute atomic E-state index is 0.305. The van der Waals surface area contributed by atoms with Gasteiger partial charge in [-0.05, 0) is 57.8 Å². The number of amides is 1. The van der Waals surface area contributed by atoms with E-state index in [0.717, 1.165) is 32.1 Å². The summed E-state index contributed by atoms with van der Waals surface area (Å²) >= 11 is 0. The number of rotatable bonds is 49. The van der Waals surface area contributed by atoms with Gasteiger partial charge in [0.1, 0.15) is 30.5 Å². The molecule has 1 aliphatic rings. The molecule has 400 valence electrons. The Labute approximate surface area is 417 Å². The molecule has 0 aromatic rings. The fourth-order valence-corrected chi connectivity index (χ4v) is 9.12. The summed E-state index contributed by atoms with van der Waals surface area (Å²) in [7, 11) is 0. The van der Waals surface area contributed by atoms with Crippen molar-refractivity contribution in [1.29, 1.82) is 0 Å². The zero-order chi connectivity index (χ0) is 49.6. The van der Waals surface area contributed by atoms with E-state index in [1.807, 2.05) is 6.08 Å². The maximum absolute atomic E-state index is 13.1. The minimum Gasteiger partial charge on any atom is -0.394 e. The van der Waals surface area contributed by atoms with Crippen molar-refractivity contribution in [2.75, 3.05) is 13.2 Å². The molecule has 0 bridgehead atoms. The van der Waals surface area contributed by atoms with Crippen LogP contribution in [-0.2, 0) is 14.3 Å². The average Bonchev–Trinajstić information content (AvgIpc) is 3.34. The standard InChI is InChI=1S/C58H109NO9/c1-3-5-7-9-11-13-15-17-19-20-21-22-23-24-25-26-27-28-29-30-31-32-33-35-37-39-41-43-45-47-52(62)57(66)59-50(49-67-58-56(65)55(64)54(63)53(48-60)68-58)51(61)46-44-42-40-38-36-34-18-16-14-12-10-8-6-4-2/h24-25,36,38,44,46,50-56,58,60-65H,3-23,26-35,37,39-43,45,47-49H2,1-2H3,(H,59,66)/b25-24-,38-36+,46-44+. The van der Waals surface area contributed by atoms with Gasteiger partial charge in [0, 0.05) is 0 Å². The lowest BCUT2D eigenvalue weighted by molar-refractivity contribution is -0.302. The number of allylic oxidation sites excluding steroid dienone is 5. The Bertz CT molecular complexity index is 1180. The number of hydrogen-bond acceptors (Lipinski definition) is 9. The second-order valence-corrected chi connectivity index (χ2v) is 20.2. The topological polar surface area (TPSA) is 169 Å². The van der Waals surface area contributed by atoms with E-state index in [1.54, 1.807) is 6.08 Å². The first-order valence-electron chi connectivity index (χ1n) is 28.8. The van der Waals surface area contributed by atoms with E-state index < -0.39 is 61.5 Å². The predicted molar refractivity (Wildman–Crippen MR) is 282 cm³/mol. The van der Waals surface area contributed by atoms with Gasteiger partial charge in [0.05, 0.1) is 25.4 Å². The molecule has 1 saturated heterocycles. The first-order valence-corrected chi connectivity index (χ1v) is 28.8. The summed E-state index contributed by atoms with van der Waals surface area (Å²) in [4.78, 5) is 13.1. The maximum atomic E-state index is 13.1. The number of aliphatic hydroxyl groups excluding tert-OH is 6. The van der Waals surface area contributed by atoms with Crippen molar-refractivity contribution in [2.45, 2.75) is 313 Å². The third kappa shape index (κ3) is 36.3. The number of nitrogens with one attached hydrogen (secondary N) is 1. The number of carbonyl (C=O) groups is 1. The Morgan fingerprint density at radius 2 is 0.868 bits per heavy atom. The van der Waals surface area contributed by atoms with Crippen LogP contribution < -0.4 is 5.32 Å². The smallest absolute Gasteiger partial charge is 0.249 e. The summed E-state index contributed by atoms with van der Waals surface area (Å²) in [5, 5.41) is 64.9. The second kappa shape index (κ2) is 47.7. The second-order valence-electron chi connectivity index (χ2n) is 20.2. The summed E-state index contributed by atoms with van der Waals surface area (Å²) in [6.07, 6.45) is 51.2. The lowest BCUT2D eigenvalue weighted by Gasteiger charge is -2.40. The molecular weight excluding hydrogens is 855 g/mol. The van der Waals surface area contributed by atoms with Gasteiger partial charge in [-0.1, -0.05) is 243 Å². The van der Waals surface area contributed by atoms with Crippen molar-refractivity contribution in [1.82, 2.24) is 5.32 Å². The zero-order valence-electron chi connectivity index (χ0n) is 44.0. The molecule has 1 amide bonds. The van der Waals surface area contributed by atoms with Gasteiger partial charge in [-0.25, -0.2) is 0 Å². The Kier molecular flexibility index (Phi) is 45.1. The Morgan fingerprint density at radius 1 is 0.500 bits per heavy atom. The van der Waals surface area contributed by atoms with E-state index in [-0.39, 0.29) is 6.61 Å². The molecule has 1 aliphatic heterocycles. The lowest BCUT2D eigenvalue weighted by Crippen LogP contribution is -2.60. The van der Waals surface area contributed by atoms with Gasteiger partial charge in [-0.15, -0.1) is 0 Å². The number of carbonyl (C=O) groups excluding carboxylic acids is 1. The molecule has 1 fully saturated rings. The summed E-state index contributed by atoms with van der Waals surface area (Å²) in [5.41, 5.74) is 0. The van der Waals surface area contributed by atoms with E-state index >= 15 is 0 Å². The minimum atomic E-state index is -1.62. The van der Waals surface area contributed by atoms with Crippen molar-refractivity contribution in [3.05, 3.63) is 36.5 Å². The summed E-state index contributed by atoms with van der Waals surface area (Å²) < 4.78 is 11.2. The Morgan fingerprint density at radius 3 is 1.28 bits per heavy atom. The van der Waals surface area contributed by atoms with Crippen LogP contribution in [0.15, 0.2) is 36.5 Å². The molecule has 0 radical (unpaired) electrons. The van der Waals surface area contributed by atoms with E-state index in [1.165, 1.54) is 199 Å². The van der Waals surface area contributed by atoms with Gasteiger partial charge in [0.25, 0.3) is 0 Å². The molecule has 0 aromatic carbocycles. The van der Waals surface area contributed by atoms with Crippen LogP contribution >= 0.6 is 0 Å². The fourth-order valence-electron chi connectivity index (χ4n) is 9.12. The van der Waals surface area contributed by atoms with Crippen LogP contribution in [0.2, 0.25) is 0 Å². The van der Waals surface area contributed by atoms with Gasteiger partial charge >= 0.3 is 0 Å². The fraction of sp³-hybridized carbons (Fsp3) is 0.879. The van der Waals surface area contributed by atoms with Crippen LogP contribution in [0.5, 0.6) is 0 Å². The number of ether oxygens (including phenoxy) is 2. The first-order chi connectivity index (χ1) is 33.3. The molecule has 10 nitrogen and oxygen atoms in total. The molecule has 10 heteroatoms. The molecule has 0 spiro atoms. The molecule has 8 atom stereocenters. The van der Waals surface area contributed by atoms with Crippen molar-refractivity contribution in [3.8, 4) is 0 Å². The molecular formula is C58H109NO9. The van der Waals surface area contributed by atoms with Crippen molar-refractivity contribution in [3.63, 3.8) is 0 Å². The van der Waals surface area contributed by atoms with Gasteiger partial charge in [0.2, 0.25) is 5.91 Å². The molecule has 7 N–H and O–H groups in total. The van der Waals surface area contributed by atoms with Crippen LogP contribution in [0.1, 0.15) is 264 Å². The molecule has 0 aliphatic carbocycles. The van der Waals surface area contributed by atoms with Crippen molar-refractivity contribution < 1.29 is 44.9 Å². The summed E-state index contributed by atoms with van der Waals surface area (Å²) in [5.74, 6) is -0.624. The number of aliphatic hydroxyl groups is 6. The van der Waals surface area contributed by atoms with E-state index in [2.05, 4.69) is 43.5 Å². The zero-order valence-corrected chi connectivity index (χ0v) is 44.0. The largest absolute Gasteiger partial charge is 0.394 e. The highest BCUT2D eigenvalue weighted by molar-refractivity contribution is 5.80. The molecule has 8 unspecified atom stereocenters. The highest BCUT2D eigenvalue weighted by Gasteiger charge is 2.44. The van der Waals surface area contributed by atoms with Crippen LogP contribution in [0, 0.1) is 0 Å². The van der Waals surface area contributed by atoms with Crippen molar-refractivity contribution in [2.24, 2.45) is 0 Å². The molecule has 1 rings (SSSR count). The lowest BCUT2D eigenvalue weighted by atomic mass is 9.99. The highest BCUT2D eigenvalue weighted by Crippen LogP contribution is 2.23. The van der Waals surface area contributed by atoms with Crippen LogP contribution in [0.4, 0.5) is 0 Å². The normalized spacial score (nSPS) is 20.3. The highest BCUT2D eigenvalue weighted by atomic mass is 16.7. The number of hydrogen-bond donors (Lipinski definition) is 7. The maximum Gasteiger partial charge on any atom is 0.249 e. The van der Waals surface area contributed by atoms with E-state index in [9.17, 15) is 35.4 Å². The summed E-state index contributed by atoms with van der Waals surface area (Å²) in [6, 6.07) is -0.996. The van der Waals surface area contributed by atoms with Crippen molar-refractivity contribution >= 4 is 5.91 Å². The van der Waals surface area contributed by atoms with Crippen LogP contribution in [0.25, 0.3) is 0 Å².